The molecule has 1 fully saturated rings. The lowest BCUT2D eigenvalue weighted by Gasteiger charge is -2.46. The molecule has 0 saturated carbocycles. The van der Waals surface area contributed by atoms with Crippen LogP contribution in [0.3, 0.4) is 0 Å². The molecule has 1 aromatic carbocycles. The van der Waals surface area contributed by atoms with E-state index in [0.717, 1.165) is 12.1 Å². The maximum atomic E-state index is 13.6. The summed E-state index contributed by atoms with van der Waals surface area (Å²) in [5.41, 5.74) is 0.0913. The molecule has 24 heavy (non-hydrogen) atoms. The molecule has 0 aromatic heterocycles. The van der Waals surface area contributed by atoms with E-state index in [0.29, 0.717) is 0 Å². The minimum Gasteiger partial charge on any atom is -0.453 e. The zero-order valence-electron chi connectivity index (χ0n) is 12.8. The zero-order chi connectivity index (χ0) is 17.4. The summed E-state index contributed by atoms with van der Waals surface area (Å²) in [5.74, 6) is -4.46. The van der Waals surface area contributed by atoms with E-state index in [9.17, 15) is 22.8 Å². The third-order valence-corrected chi connectivity index (χ3v) is 4.26. The number of nitrogens with zero attached hydrogens (tertiary/aromatic N) is 2. The Hall–Kier alpha value is -2.51. The fraction of sp³-hybridized carbons (Fsp3) is 0.375. The van der Waals surface area contributed by atoms with Crippen molar-refractivity contribution in [3.63, 3.8) is 0 Å². The van der Waals surface area contributed by atoms with Gasteiger partial charge in [0, 0.05) is 19.5 Å². The van der Waals surface area contributed by atoms with E-state index >= 15 is 0 Å². The summed E-state index contributed by atoms with van der Waals surface area (Å²) < 4.78 is 45.1. The van der Waals surface area contributed by atoms with E-state index in [-0.39, 0.29) is 31.0 Å². The Balaban J connectivity index is 2.03. The number of hydrogen-bond acceptors (Lipinski definition) is 3. The van der Waals surface area contributed by atoms with E-state index in [1.54, 1.807) is 12.2 Å². The van der Waals surface area contributed by atoms with Gasteiger partial charge in [-0.2, -0.15) is 0 Å². The molecule has 2 aliphatic heterocycles. The maximum absolute atomic E-state index is 13.6. The highest BCUT2D eigenvalue weighted by Crippen LogP contribution is 2.33. The van der Waals surface area contributed by atoms with Crippen LogP contribution in [-0.4, -0.2) is 48.0 Å². The first-order valence-corrected chi connectivity index (χ1v) is 7.37. The Labute approximate surface area is 136 Å². The molecule has 1 saturated heterocycles. The van der Waals surface area contributed by atoms with E-state index in [1.165, 1.54) is 16.9 Å². The van der Waals surface area contributed by atoms with Gasteiger partial charge < -0.3 is 14.5 Å². The van der Waals surface area contributed by atoms with E-state index in [1.807, 2.05) is 0 Å². The van der Waals surface area contributed by atoms with E-state index in [2.05, 4.69) is 0 Å². The van der Waals surface area contributed by atoms with Crippen molar-refractivity contribution in [3.8, 4) is 0 Å². The number of ether oxygens (including phenoxy) is 1. The van der Waals surface area contributed by atoms with Crippen LogP contribution in [-0.2, 0) is 9.53 Å². The highest BCUT2D eigenvalue weighted by molar-refractivity contribution is 5.81. The second-order valence-corrected chi connectivity index (χ2v) is 5.69. The molecule has 128 valence electrons. The zero-order valence-corrected chi connectivity index (χ0v) is 12.8. The molecule has 2 heterocycles. The second-order valence-electron chi connectivity index (χ2n) is 5.69. The fourth-order valence-corrected chi connectivity index (χ4v) is 3.17. The number of piperazine rings is 1. The van der Waals surface area contributed by atoms with Gasteiger partial charge in [0.15, 0.2) is 17.5 Å². The van der Waals surface area contributed by atoms with Gasteiger partial charge in [-0.1, -0.05) is 12.2 Å². The predicted molar refractivity (Wildman–Crippen MR) is 77.4 cm³/mol. The summed E-state index contributed by atoms with van der Waals surface area (Å²) >= 11 is 0. The number of benzene rings is 1. The van der Waals surface area contributed by atoms with Crippen molar-refractivity contribution in [2.45, 2.75) is 18.5 Å². The van der Waals surface area contributed by atoms with Crippen molar-refractivity contribution in [3.05, 3.63) is 47.3 Å². The lowest BCUT2D eigenvalue weighted by atomic mass is 9.95. The largest absolute Gasteiger partial charge is 0.453 e. The molecular formula is C16H15F3N2O3. The molecule has 1 aromatic rings. The first-order valence-electron chi connectivity index (χ1n) is 7.37. The fourth-order valence-electron chi connectivity index (χ4n) is 3.17. The van der Waals surface area contributed by atoms with Crippen LogP contribution >= 0.6 is 0 Å². The van der Waals surface area contributed by atoms with Gasteiger partial charge in [0.2, 0.25) is 5.91 Å². The Morgan fingerprint density at radius 2 is 1.88 bits per heavy atom. The van der Waals surface area contributed by atoms with Crippen LogP contribution in [0, 0.1) is 17.5 Å². The molecule has 0 aliphatic carbocycles. The number of carbonyl (C=O) groups excluding carboxylic acids is 2. The van der Waals surface area contributed by atoms with Crippen molar-refractivity contribution in [1.29, 1.82) is 0 Å². The van der Waals surface area contributed by atoms with Crippen LogP contribution in [0.2, 0.25) is 0 Å². The first-order chi connectivity index (χ1) is 11.4. The van der Waals surface area contributed by atoms with Crippen LogP contribution in [0.15, 0.2) is 24.3 Å². The van der Waals surface area contributed by atoms with Crippen molar-refractivity contribution in [1.82, 2.24) is 9.80 Å². The number of hydrogen-bond donors (Lipinski definition) is 0. The lowest BCUT2D eigenvalue weighted by Crippen LogP contribution is -2.58. The molecule has 0 spiro atoms. The molecular weight excluding hydrogens is 325 g/mol. The maximum Gasteiger partial charge on any atom is 0.409 e. The topological polar surface area (TPSA) is 49.9 Å². The smallest absolute Gasteiger partial charge is 0.409 e. The molecule has 5 nitrogen and oxygen atoms in total. The second kappa shape index (κ2) is 6.18. The number of fused-ring (bicyclic) bond motifs is 1. The lowest BCUT2D eigenvalue weighted by molar-refractivity contribution is -0.138. The first kappa shape index (κ1) is 16.4. The van der Waals surface area contributed by atoms with Gasteiger partial charge in [0.05, 0.1) is 19.2 Å². The van der Waals surface area contributed by atoms with Gasteiger partial charge >= 0.3 is 6.09 Å². The number of carbonyl (C=O) groups is 2. The van der Waals surface area contributed by atoms with Gasteiger partial charge in [-0.3, -0.25) is 4.79 Å². The summed E-state index contributed by atoms with van der Waals surface area (Å²) in [6.45, 7) is 0.227. The molecule has 0 unspecified atom stereocenters. The third kappa shape index (κ3) is 2.72. The molecule has 8 heteroatoms. The average Bonchev–Trinajstić information content (AvgIpc) is 2.57. The third-order valence-electron chi connectivity index (χ3n) is 4.26. The van der Waals surface area contributed by atoms with Crippen LogP contribution in [0.4, 0.5) is 18.0 Å². The van der Waals surface area contributed by atoms with Crippen LogP contribution in [0.1, 0.15) is 18.0 Å². The van der Waals surface area contributed by atoms with E-state index in [4.69, 9.17) is 4.74 Å². The minimum atomic E-state index is -1.57. The Morgan fingerprint density at radius 1 is 1.21 bits per heavy atom. The molecule has 2 atom stereocenters. The summed E-state index contributed by atoms with van der Waals surface area (Å²) in [6, 6.07) is 0.490. The summed E-state index contributed by atoms with van der Waals surface area (Å²) in [6.07, 6.45) is 3.01. The van der Waals surface area contributed by atoms with Gasteiger partial charge in [-0.25, -0.2) is 18.0 Å². The van der Waals surface area contributed by atoms with Gasteiger partial charge in [0.1, 0.15) is 0 Å². The van der Waals surface area contributed by atoms with E-state index < -0.39 is 35.6 Å². The summed E-state index contributed by atoms with van der Waals surface area (Å²) in [4.78, 5) is 27.0. The number of amides is 2. The predicted octanol–water partition coefficient (Wildman–Crippen LogP) is 2.38. The van der Waals surface area contributed by atoms with Gasteiger partial charge in [0.25, 0.3) is 0 Å². The molecule has 0 radical (unpaired) electrons. The van der Waals surface area contributed by atoms with Crippen molar-refractivity contribution in [2.24, 2.45) is 0 Å². The van der Waals surface area contributed by atoms with Crippen LogP contribution in [0.25, 0.3) is 0 Å². The van der Waals surface area contributed by atoms with Gasteiger partial charge in [-0.05, 0) is 17.7 Å². The Kier molecular flexibility index (Phi) is 4.21. The number of halogens is 3. The highest BCUT2D eigenvalue weighted by atomic mass is 19.2. The molecule has 2 amide bonds. The quantitative estimate of drug-likeness (QED) is 0.583. The minimum absolute atomic E-state index is 0.00721. The molecule has 0 N–H and O–H groups in total. The van der Waals surface area contributed by atoms with Crippen LogP contribution < -0.4 is 0 Å². The SMILES string of the molecule is COC(=O)N1C[C@@H]2C=CCC(=O)N2[C@H](c2cc(F)c(F)c(F)c2)C1. The summed E-state index contributed by atoms with van der Waals surface area (Å²) in [5, 5.41) is 0. The van der Waals surface area contributed by atoms with Crippen LogP contribution in [0.5, 0.6) is 0 Å². The Bertz CT molecular complexity index is 700. The van der Waals surface area contributed by atoms with Gasteiger partial charge in [-0.15, -0.1) is 0 Å². The van der Waals surface area contributed by atoms with Crippen molar-refractivity contribution < 1.29 is 27.5 Å². The normalized spacial score (nSPS) is 23.2. The molecule has 0 bridgehead atoms. The molecule has 3 rings (SSSR count). The highest BCUT2D eigenvalue weighted by Gasteiger charge is 2.40. The van der Waals surface area contributed by atoms with Crippen molar-refractivity contribution >= 4 is 12.0 Å². The standard InChI is InChI=1S/C16H15F3N2O3/c1-24-16(23)20-7-10-3-2-4-14(22)21(10)13(8-20)9-5-11(17)15(19)12(18)6-9/h2-3,5-6,10,13H,4,7-8H2,1H3/t10-,13-/m0/s1. The number of rotatable bonds is 1. The van der Waals surface area contributed by atoms with Crippen molar-refractivity contribution in [2.75, 3.05) is 20.2 Å². The summed E-state index contributed by atoms with van der Waals surface area (Å²) in [7, 11) is 1.23. The average molecular weight is 340 g/mol. The molecule has 2 aliphatic rings. The monoisotopic (exact) mass is 340 g/mol. The number of methoxy groups -OCH3 is 1. The Morgan fingerprint density at radius 3 is 2.50 bits per heavy atom.